The van der Waals surface area contributed by atoms with Crippen molar-refractivity contribution in [3.05, 3.63) is 74.1 Å². The zero-order valence-electron chi connectivity index (χ0n) is 18.2. The van der Waals surface area contributed by atoms with Crippen LogP contribution in [0.4, 0.5) is 5.69 Å². The predicted molar refractivity (Wildman–Crippen MR) is 130 cm³/mol. The molecule has 0 bridgehead atoms. The van der Waals surface area contributed by atoms with Crippen molar-refractivity contribution < 1.29 is 9.53 Å². The van der Waals surface area contributed by atoms with Crippen molar-refractivity contribution in [1.82, 2.24) is 9.55 Å². The molecule has 0 aliphatic rings. The van der Waals surface area contributed by atoms with Crippen LogP contribution in [0, 0.1) is 20.8 Å². The predicted octanol–water partition coefficient (Wildman–Crippen LogP) is 5.35. The van der Waals surface area contributed by atoms with E-state index >= 15 is 0 Å². The second-order valence-electron chi connectivity index (χ2n) is 7.66. The highest BCUT2D eigenvalue weighted by Gasteiger charge is 2.16. The number of methoxy groups -OCH3 is 1. The number of amides is 1. The average Bonchev–Trinajstić information content (AvgIpc) is 3.19. The van der Waals surface area contributed by atoms with Crippen molar-refractivity contribution in [3.63, 3.8) is 0 Å². The van der Waals surface area contributed by atoms with Crippen LogP contribution in [0.15, 0.2) is 46.8 Å². The highest BCUT2D eigenvalue weighted by molar-refractivity contribution is 7.17. The Labute approximate surface area is 194 Å². The molecule has 1 N–H and O–H groups in total. The van der Waals surface area contributed by atoms with E-state index in [0.717, 1.165) is 22.3 Å². The van der Waals surface area contributed by atoms with Crippen LogP contribution in [0.3, 0.4) is 0 Å². The summed E-state index contributed by atoms with van der Waals surface area (Å²) >= 11 is 7.55. The minimum absolute atomic E-state index is 0.172. The summed E-state index contributed by atoms with van der Waals surface area (Å²) in [4.78, 5) is 31.0. The van der Waals surface area contributed by atoms with Gasteiger partial charge in [-0.05, 0) is 49.1 Å². The molecule has 0 atom stereocenters. The van der Waals surface area contributed by atoms with Crippen LogP contribution in [0.2, 0.25) is 5.02 Å². The Bertz CT molecular complexity index is 1410. The Hall–Kier alpha value is -3.16. The first-order chi connectivity index (χ1) is 15.3. The molecule has 4 rings (SSSR count). The molecular weight excluding hydrogens is 446 g/mol. The van der Waals surface area contributed by atoms with Crippen LogP contribution >= 0.6 is 22.9 Å². The number of ether oxygens (including phenoxy) is 1. The molecule has 32 heavy (non-hydrogen) atoms. The van der Waals surface area contributed by atoms with Crippen LogP contribution in [0.25, 0.3) is 21.3 Å². The Morgan fingerprint density at radius 3 is 2.66 bits per heavy atom. The lowest BCUT2D eigenvalue weighted by Crippen LogP contribution is -2.28. The number of nitrogens with zero attached hydrogens (tertiary/aromatic N) is 2. The topological polar surface area (TPSA) is 73.2 Å². The van der Waals surface area contributed by atoms with E-state index in [1.165, 1.54) is 34.9 Å². The van der Waals surface area contributed by atoms with E-state index in [2.05, 4.69) is 23.3 Å². The SMILES string of the molecule is COc1cc(Cl)c(C)cc1NC(=O)Cn1cnc2scc(-c3ccc(C)c(C)c3)c2c1=O. The van der Waals surface area contributed by atoms with Gasteiger partial charge < -0.3 is 10.1 Å². The third-order valence-corrected chi connectivity index (χ3v) is 6.74. The molecule has 0 aliphatic heterocycles. The van der Waals surface area contributed by atoms with Gasteiger partial charge in [0.05, 0.1) is 24.5 Å². The van der Waals surface area contributed by atoms with Crippen LogP contribution in [-0.4, -0.2) is 22.6 Å². The lowest BCUT2D eigenvalue weighted by atomic mass is 10.0. The molecule has 0 saturated carbocycles. The number of anilines is 1. The number of hydrogen-bond donors (Lipinski definition) is 1. The first kappa shape index (κ1) is 22.0. The van der Waals surface area contributed by atoms with Gasteiger partial charge in [0, 0.05) is 22.0 Å². The van der Waals surface area contributed by atoms with Crippen molar-refractivity contribution in [1.29, 1.82) is 0 Å². The number of halogens is 1. The van der Waals surface area contributed by atoms with Crippen molar-refractivity contribution >= 4 is 44.7 Å². The second-order valence-corrected chi connectivity index (χ2v) is 8.92. The summed E-state index contributed by atoms with van der Waals surface area (Å²) in [6, 6.07) is 9.49. The number of aromatic nitrogens is 2. The second kappa shape index (κ2) is 8.76. The van der Waals surface area contributed by atoms with E-state index in [1.807, 2.05) is 31.4 Å². The number of rotatable bonds is 5. The molecule has 4 aromatic rings. The summed E-state index contributed by atoms with van der Waals surface area (Å²) in [6.07, 6.45) is 1.41. The number of nitrogens with one attached hydrogen (secondary N) is 1. The smallest absolute Gasteiger partial charge is 0.263 e. The first-order valence-electron chi connectivity index (χ1n) is 9.96. The highest BCUT2D eigenvalue weighted by Crippen LogP contribution is 2.32. The zero-order valence-corrected chi connectivity index (χ0v) is 19.7. The maximum atomic E-state index is 13.3. The minimum atomic E-state index is -0.365. The number of carbonyl (C=O) groups is 1. The number of hydrogen-bond acceptors (Lipinski definition) is 5. The summed E-state index contributed by atoms with van der Waals surface area (Å²) in [5.41, 5.74) is 5.18. The lowest BCUT2D eigenvalue weighted by molar-refractivity contribution is -0.116. The van der Waals surface area contributed by atoms with Crippen molar-refractivity contribution in [3.8, 4) is 16.9 Å². The summed E-state index contributed by atoms with van der Waals surface area (Å²) in [5.74, 6) is 0.0842. The Morgan fingerprint density at radius 1 is 1.16 bits per heavy atom. The standard InChI is InChI=1S/C24H22ClN3O3S/c1-13-5-6-16(7-14(13)2)17-11-32-23-22(17)24(30)28(12-26-23)10-21(29)27-19-8-15(3)18(25)9-20(19)31-4/h5-9,11-12H,10H2,1-4H3,(H,27,29). The van der Waals surface area contributed by atoms with Gasteiger partial charge in [0.1, 0.15) is 17.1 Å². The maximum Gasteiger partial charge on any atom is 0.263 e. The Morgan fingerprint density at radius 2 is 1.94 bits per heavy atom. The summed E-state index contributed by atoms with van der Waals surface area (Å²) < 4.78 is 6.63. The van der Waals surface area contributed by atoms with Gasteiger partial charge in [0.2, 0.25) is 5.91 Å². The Balaban J connectivity index is 1.66. The number of aryl methyl sites for hydroxylation is 3. The van der Waals surface area contributed by atoms with Crippen molar-refractivity contribution in [2.75, 3.05) is 12.4 Å². The molecular formula is C24H22ClN3O3S. The molecule has 6 nitrogen and oxygen atoms in total. The number of benzene rings is 2. The molecule has 0 saturated heterocycles. The number of fused-ring (bicyclic) bond motifs is 1. The van der Waals surface area contributed by atoms with E-state index in [9.17, 15) is 9.59 Å². The fraction of sp³-hybridized carbons (Fsp3) is 0.208. The maximum absolute atomic E-state index is 13.3. The van der Waals surface area contributed by atoms with Gasteiger partial charge in [-0.15, -0.1) is 11.3 Å². The lowest BCUT2D eigenvalue weighted by Gasteiger charge is -2.13. The highest BCUT2D eigenvalue weighted by atomic mass is 35.5. The van der Waals surface area contributed by atoms with E-state index in [0.29, 0.717) is 26.7 Å². The molecule has 2 aromatic carbocycles. The number of thiophene rings is 1. The van der Waals surface area contributed by atoms with Crippen molar-refractivity contribution in [2.45, 2.75) is 27.3 Å². The van der Waals surface area contributed by atoms with Gasteiger partial charge in [-0.3, -0.25) is 14.2 Å². The molecule has 2 heterocycles. The molecule has 0 unspecified atom stereocenters. The molecule has 0 aliphatic carbocycles. The van der Waals surface area contributed by atoms with Gasteiger partial charge in [0.15, 0.2) is 0 Å². The van der Waals surface area contributed by atoms with Gasteiger partial charge in [-0.1, -0.05) is 29.8 Å². The third-order valence-electron chi connectivity index (χ3n) is 5.45. The molecule has 164 valence electrons. The van der Waals surface area contributed by atoms with E-state index in [-0.39, 0.29) is 18.0 Å². The van der Waals surface area contributed by atoms with Crippen LogP contribution in [-0.2, 0) is 11.3 Å². The third kappa shape index (κ3) is 4.13. The Kier molecular flexibility index (Phi) is 6.04. The normalized spacial score (nSPS) is 11.0. The average molecular weight is 468 g/mol. The van der Waals surface area contributed by atoms with Gasteiger partial charge in [0.25, 0.3) is 5.56 Å². The summed E-state index contributed by atoms with van der Waals surface area (Å²) in [5, 5.41) is 5.80. The van der Waals surface area contributed by atoms with Gasteiger partial charge >= 0.3 is 0 Å². The van der Waals surface area contributed by atoms with Crippen LogP contribution in [0.5, 0.6) is 5.75 Å². The molecule has 2 aromatic heterocycles. The fourth-order valence-corrected chi connectivity index (χ4v) is 4.54. The molecule has 8 heteroatoms. The van der Waals surface area contributed by atoms with Gasteiger partial charge in [-0.25, -0.2) is 4.98 Å². The van der Waals surface area contributed by atoms with Crippen LogP contribution < -0.4 is 15.6 Å². The van der Waals surface area contributed by atoms with Crippen LogP contribution in [0.1, 0.15) is 16.7 Å². The fourth-order valence-electron chi connectivity index (χ4n) is 3.48. The van der Waals surface area contributed by atoms with Crippen molar-refractivity contribution in [2.24, 2.45) is 0 Å². The quantitative estimate of drug-likeness (QED) is 0.429. The van der Waals surface area contributed by atoms with Gasteiger partial charge in [-0.2, -0.15) is 0 Å². The monoisotopic (exact) mass is 467 g/mol. The first-order valence-corrected chi connectivity index (χ1v) is 11.2. The largest absolute Gasteiger partial charge is 0.495 e. The molecule has 1 amide bonds. The van der Waals surface area contributed by atoms with E-state index < -0.39 is 0 Å². The summed E-state index contributed by atoms with van der Waals surface area (Å²) in [7, 11) is 1.50. The van der Waals surface area contributed by atoms with E-state index in [1.54, 1.807) is 12.1 Å². The minimum Gasteiger partial charge on any atom is -0.495 e. The zero-order chi connectivity index (χ0) is 23.0. The summed E-state index contributed by atoms with van der Waals surface area (Å²) in [6.45, 7) is 5.76. The van der Waals surface area contributed by atoms with E-state index in [4.69, 9.17) is 16.3 Å². The molecule has 0 radical (unpaired) electrons. The number of carbonyl (C=O) groups excluding carboxylic acids is 1. The molecule has 0 spiro atoms. The molecule has 0 fully saturated rings.